The van der Waals surface area contributed by atoms with Crippen LogP contribution in [0.3, 0.4) is 0 Å². The van der Waals surface area contributed by atoms with Gasteiger partial charge in [0.1, 0.15) is 0 Å². The molecule has 0 spiro atoms. The van der Waals surface area contributed by atoms with Crippen LogP contribution in [0.5, 0.6) is 0 Å². The number of hydrogen-bond acceptors (Lipinski definition) is 2. The van der Waals surface area contributed by atoms with Crippen molar-refractivity contribution in [3.05, 3.63) is 30.1 Å². The fraction of sp³-hybridized carbons (Fsp3) is 0.429. The van der Waals surface area contributed by atoms with Crippen LogP contribution in [0.15, 0.2) is 24.5 Å². The Balaban J connectivity index is 2.12. The number of carboxylic acid groups (broad SMARTS) is 1. The first-order valence-electron chi connectivity index (χ1n) is 6.31. The highest BCUT2D eigenvalue weighted by Crippen LogP contribution is 2.38. The molecule has 0 radical (unpaired) electrons. The van der Waals surface area contributed by atoms with Crippen LogP contribution in [0.1, 0.15) is 43.0 Å². The number of imidazole rings is 1. The zero-order chi connectivity index (χ0) is 12.8. The third-order valence-corrected chi connectivity index (χ3v) is 4.06. The summed E-state index contributed by atoms with van der Waals surface area (Å²) in [7, 11) is 0. The predicted octanol–water partition coefficient (Wildman–Crippen LogP) is 3.02. The molecule has 4 heteroatoms. The number of rotatable bonds is 2. The molecule has 0 unspecified atom stereocenters. The summed E-state index contributed by atoms with van der Waals surface area (Å²) in [6.45, 7) is 2.26. The molecule has 94 valence electrons. The summed E-state index contributed by atoms with van der Waals surface area (Å²) in [6.07, 6.45) is 6.69. The van der Waals surface area contributed by atoms with Gasteiger partial charge in [0.2, 0.25) is 0 Å². The number of carboxylic acids is 1. The molecule has 1 saturated carbocycles. The fourth-order valence-corrected chi connectivity index (χ4v) is 2.95. The topological polar surface area (TPSA) is 55.1 Å². The van der Waals surface area contributed by atoms with Crippen molar-refractivity contribution in [3.63, 3.8) is 0 Å². The second-order valence-electron chi connectivity index (χ2n) is 5.33. The molecule has 0 aliphatic heterocycles. The van der Waals surface area contributed by atoms with Gasteiger partial charge in [-0.1, -0.05) is 12.8 Å². The molecule has 0 atom stereocenters. The van der Waals surface area contributed by atoms with Crippen molar-refractivity contribution in [1.29, 1.82) is 0 Å². The smallest absolute Gasteiger partial charge is 0.335 e. The van der Waals surface area contributed by atoms with Gasteiger partial charge in [0.25, 0.3) is 0 Å². The molecule has 1 aliphatic carbocycles. The summed E-state index contributed by atoms with van der Waals surface area (Å²) in [6, 6.07) is 5.17. The second-order valence-corrected chi connectivity index (χ2v) is 5.33. The van der Waals surface area contributed by atoms with Crippen molar-refractivity contribution in [1.82, 2.24) is 9.55 Å². The molecule has 1 aliphatic rings. The first kappa shape index (κ1) is 11.3. The number of nitrogens with zero attached hydrogens (tertiary/aromatic N) is 2. The minimum atomic E-state index is -0.904. The molecule has 0 bridgehead atoms. The fourth-order valence-electron chi connectivity index (χ4n) is 2.95. The van der Waals surface area contributed by atoms with Gasteiger partial charge < -0.3 is 9.67 Å². The van der Waals surface area contributed by atoms with E-state index in [1.54, 1.807) is 12.1 Å². The lowest BCUT2D eigenvalue weighted by atomic mass is 10.00. The maximum Gasteiger partial charge on any atom is 0.335 e. The highest BCUT2D eigenvalue weighted by molar-refractivity contribution is 5.92. The third-order valence-electron chi connectivity index (χ3n) is 4.06. The molecule has 0 amide bonds. The van der Waals surface area contributed by atoms with Gasteiger partial charge in [-0.2, -0.15) is 0 Å². The maximum absolute atomic E-state index is 10.9. The number of carbonyl (C=O) groups is 1. The van der Waals surface area contributed by atoms with Crippen molar-refractivity contribution in [2.75, 3.05) is 0 Å². The Kier molecular flexibility index (Phi) is 2.40. The number of aromatic nitrogens is 2. The van der Waals surface area contributed by atoms with Gasteiger partial charge in [-0.05, 0) is 38.0 Å². The second kappa shape index (κ2) is 3.83. The number of aromatic carboxylic acids is 1. The standard InChI is InChI=1S/C14H16N2O2/c1-14(6-2-3-7-14)16-9-15-11-8-10(13(17)18)4-5-12(11)16/h4-5,8-9H,2-3,6-7H2,1H3,(H,17,18). The van der Waals surface area contributed by atoms with Crippen LogP contribution >= 0.6 is 0 Å². The molecular weight excluding hydrogens is 228 g/mol. The molecule has 1 fully saturated rings. The zero-order valence-electron chi connectivity index (χ0n) is 10.4. The van der Waals surface area contributed by atoms with Crippen LogP contribution in [-0.2, 0) is 5.54 Å². The van der Waals surface area contributed by atoms with Gasteiger partial charge in [-0.15, -0.1) is 0 Å². The molecule has 4 nitrogen and oxygen atoms in total. The summed E-state index contributed by atoms with van der Waals surface area (Å²) < 4.78 is 2.21. The van der Waals surface area contributed by atoms with E-state index in [0.717, 1.165) is 11.0 Å². The molecule has 2 aromatic rings. The van der Waals surface area contributed by atoms with E-state index in [1.165, 1.54) is 25.7 Å². The summed E-state index contributed by atoms with van der Waals surface area (Å²) in [4.78, 5) is 15.3. The lowest BCUT2D eigenvalue weighted by Gasteiger charge is -2.26. The van der Waals surface area contributed by atoms with E-state index in [2.05, 4.69) is 16.5 Å². The minimum Gasteiger partial charge on any atom is -0.478 e. The van der Waals surface area contributed by atoms with Crippen molar-refractivity contribution < 1.29 is 9.90 Å². The average molecular weight is 244 g/mol. The quantitative estimate of drug-likeness (QED) is 0.883. The summed E-state index contributed by atoms with van der Waals surface area (Å²) >= 11 is 0. The molecule has 1 heterocycles. The van der Waals surface area contributed by atoms with Gasteiger partial charge in [-0.3, -0.25) is 0 Å². The molecule has 0 saturated heterocycles. The monoisotopic (exact) mass is 244 g/mol. The number of hydrogen-bond donors (Lipinski definition) is 1. The van der Waals surface area contributed by atoms with Gasteiger partial charge in [-0.25, -0.2) is 9.78 Å². The van der Waals surface area contributed by atoms with Crippen LogP contribution in [0.4, 0.5) is 0 Å². The first-order valence-corrected chi connectivity index (χ1v) is 6.31. The first-order chi connectivity index (χ1) is 8.60. The molecule has 1 N–H and O–H groups in total. The van der Waals surface area contributed by atoms with E-state index < -0.39 is 5.97 Å². The molecule has 3 rings (SSSR count). The number of benzene rings is 1. The summed E-state index contributed by atoms with van der Waals surface area (Å²) in [5, 5.41) is 8.98. The summed E-state index contributed by atoms with van der Waals surface area (Å²) in [5.41, 5.74) is 2.23. The Bertz CT molecular complexity index is 609. The van der Waals surface area contributed by atoms with E-state index >= 15 is 0 Å². The number of fused-ring (bicyclic) bond motifs is 1. The van der Waals surface area contributed by atoms with Crippen molar-refractivity contribution in [3.8, 4) is 0 Å². The Morgan fingerprint density at radius 2 is 2.11 bits per heavy atom. The van der Waals surface area contributed by atoms with E-state index in [4.69, 9.17) is 5.11 Å². The highest BCUT2D eigenvalue weighted by Gasteiger charge is 2.31. The molecular formula is C14H16N2O2. The predicted molar refractivity (Wildman–Crippen MR) is 68.8 cm³/mol. The van der Waals surface area contributed by atoms with Crippen molar-refractivity contribution in [2.24, 2.45) is 0 Å². The van der Waals surface area contributed by atoms with E-state index in [1.807, 2.05) is 12.4 Å². The van der Waals surface area contributed by atoms with Crippen molar-refractivity contribution >= 4 is 17.0 Å². The molecule has 1 aromatic heterocycles. The highest BCUT2D eigenvalue weighted by atomic mass is 16.4. The van der Waals surface area contributed by atoms with Gasteiger partial charge in [0, 0.05) is 5.54 Å². The average Bonchev–Trinajstić information content (AvgIpc) is 2.94. The van der Waals surface area contributed by atoms with E-state index in [0.29, 0.717) is 5.56 Å². The van der Waals surface area contributed by atoms with Crippen LogP contribution in [0.2, 0.25) is 0 Å². The third kappa shape index (κ3) is 1.60. The summed E-state index contributed by atoms with van der Waals surface area (Å²) in [5.74, 6) is -0.904. The van der Waals surface area contributed by atoms with Gasteiger partial charge in [0.15, 0.2) is 0 Å². The zero-order valence-corrected chi connectivity index (χ0v) is 10.4. The van der Waals surface area contributed by atoms with Crippen molar-refractivity contribution in [2.45, 2.75) is 38.1 Å². The minimum absolute atomic E-state index is 0.138. The van der Waals surface area contributed by atoms with Crippen LogP contribution in [-0.4, -0.2) is 20.6 Å². The van der Waals surface area contributed by atoms with Crippen LogP contribution in [0, 0.1) is 0 Å². The van der Waals surface area contributed by atoms with E-state index in [-0.39, 0.29) is 5.54 Å². The molecule has 18 heavy (non-hydrogen) atoms. The van der Waals surface area contributed by atoms with Crippen LogP contribution < -0.4 is 0 Å². The SMILES string of the molecule is CC1(n2cnc3cc(C(=O)O)ccc32)CCCC1. The van der Waals surface area contributed by atoms with E-state index in [9.17, 15) is 4.79 Å². The van der Waals surface area contributed by atoms with Crippen LogP contribution in [0.25, 0.3) is 11.0 Å². The Morgan fingerprint density at radius 1 is 1.39 bits per heavy atom. The Hall–Kier alpha value is -1.84. The lowest BCUT2D eigenvalue weighted by Crippen LogP contribution is -2.25. The van der Waals surface area contributed by atoms with Gasteiger partial charge >= 0.3 is 5.97 Å². The largest absolute Gasteiger partial charge is 0.478 e. The normalized spacial score (nSPS) is 18.3. The maximum atomic E-state index is 10.9. The molecule has 1 aromatic carbocycles. The van der Waals surface area contributed by atoms with Gasteiger partial charge in [0.05, 0.1) is 22.9 Å². The lowest BCUT2D eigenvalue weighted by molar-refractivity contribution is 0.0697. The Morgan fingerprint density at radius 3 is 2.78 bits per heavy atom. The Labute approximate surface area is 105 Å².